The molecule has 0 saturated heterocycles. The number of ether oxygens (including phenoxy) is 4. The average Bonchev–Trinajstić information content (AvgIpc) is 2.63. The Morgan fingerprint density at radius 3 is 1.48 bits per heavy atom. The largest absolute Gasteiger partial charge is 0.462 e. The first kappa shape index (κ1) is 21.8. The molecule has 0 aliphatic heterocycles. The van der Waals surface area contributed by atoms with E-state index in [1.165, 1.54) is 0 Å². The summed E-state index contributed by atoms with van der Waals surface area (Å²) in [6, 6.07) is 0. The van der Waals surface area contributed by atoms with Gasteiger partial charge in [-0.1, -0.05) is 26.3 Å². The van der Waals surface area contributed by atoms with Crippen LogP contribution < -0.4 is 0 Å². The summed E-state index contributed by atoms with van der Waals surface area (Å²) in [5.74, 6) is -3.11. The minimum Gasteiger partial charge on any atom is -0.462 e. The van der Waals surface area contributed by atoms with Crippen molar-refractivity contribution in [2.24, 2.45) is 0 Å². The van der Waals surface area contributed by atoms with E-state index in [0.717, 1.165) is 24.3 Å². The second-order valence-corrected chi connectivity index (χ2v) is 4.55. The van der Waals surface area contributed by atoms with Crippen LogP contribution in [-0.2, 0) is 38.1 Å². The lowest BCUT2D eigenvalue weighted by atomic mass is 10.0. The fourth-order valence-electron chi connectivity index (χ4n) is 1.47. The number of esters is 4. The van der Waals surface area contributed by atoms with Crippen molar-refractivity contribution < 1.29 is 38.1 Å². The molecule has 136 valence electrons. The van der Waals surface area contributed by atoms with Crippen molar-refractivity contribution in [1.29, 1.82) is 0 Å². The normalized spacial score (nSPS) is 9.92. The second kappa shape index (κ2) is 11.4. The van der Waals surface area contributed by atoms with Crippen molar-refractivity contribution in [3.63, 3.8) is 0 Å². The van der Waals surface area contributed by atoms with Gasteiger partial charge in [0.15, 0.2) is 5.60 Å². The van der Waals surface area contributed by atoms with Gasteiger partial charge in [-0.15, -0.1) is 0 Å². The maximum Gasteiger partial charge on any atom is 0.330 e. The lowest BCUT2D eigenvalue weighted by molar-refractivity contribution is -0.181. The van der Waals surface area contributed by atoms with Gasteiger partial charge in [-0.2, -0.15) is 0 Å². The Morgan fingerprint density at radius 1 is 0.680 bits per heavy atom. The van der Waals surface area contributed by atoms with Crippen LogP contribution in [0.1, 0.15) is 6.42 Å². The molecule has 0 aromatic rings. The third-order valence-electron chi connectivity index (χ3n) is 2.74. The zero-order valence-corrected chi connectivity index (χ0v) is 13.7. The van der Waals surface area contributed by atoms with Crippen molar-refractivity contribution in [3.05, 3.63) is 50.6 Å². The van der Waals surface area contributed by atoms with E-state index < -0.39 is 42.7 Å². The Kier molecular flexibility index (Phi) is 9.95. The van der Waals surface area contributed by atoms with Crippen LogP contribution in [-0.4, -0.2) is 49.3 Å². The minimum absolute atomic E-state index is 0.124. The lowest BCUT2D eigenvalue weighted by Gasteiger charge is -2.31. The highest BCUT2D eigenvalue weighted by Crippen LogP contribution is 2.20. The molecule has 0 radical (unpaired) electrons. The summed E-state index contributed by atoms with van der Waals surface area (Å²) >= 11 is 0. The van der Waals surface area contributed by atoms with Crippen molar-refractivity contribution >= 4 is 23.9 Å². The molecule has 0 aliphatic rings. The number of carbonyl (C=O) groups is 4. The molecule has 0 bridgehead atoms. The van der Waals surface area contributed by atoms with Crippen LogP contribution in [0.3, 0.4) is 0 Å². The third-order valence-corrected chi connectivity index (χ3v) is 2.74. The Morgan fingerprint density at radius 2 is 1.08 bits per heavy atom. The Labute approximate surface area is 145 Å². The highest BCUT2D eigenvalue weighted by molar-refractivity contribution is 5.83. The fourth-order valence-corrected chi connectivity index (χ4v) is 1.47. The first-order valence-electron chi connectivity index (χ1n) is 7.05. The second-order valence-electron chi connectivity index (χ2n) is 4.55. The summed E-state index contributed by atoms with van der Waals surface area (Å²) in [6.45, 7) is 11.9. The molecule has 0 fully saturated rings. The number of rotatable bonds is 12. The molecule has 0 saturated carbocycles. The predicted molar refractivity (Wildman–Crippen MR) is 87.1 cm³/mol. The van der Waals surface area contributed by atoms with E-state index in [9.17, 15) is 19.2 Å². The van der Waals surface area contributed by atoms with Crippen molar-refractivity contribution in [2.45, 2.75) is 12.0 Å². The Bertz CT molecular complexity index is 537. The smallest absolute Gasteiger partial charge is 0.330 e. The molecule has 8 nitrogen and oxygen atoms in total. The molecule has 25 heavy (non-hydrogen) atoms. The molecule has 0 aromatic heterocycles. The first-order chi connectivity index (χ1) is 11.8. The summed E-state index contributed by atoms with van der Waals surface area (Å²) in [5, 5.41) is 0. The van der Waals surface area contributed by atoms with Gasteiger partial charge < -0.3 is 18.9 Å². The first-order valence-corrected chi connectivity index (χ1v) is 7.05. The number of hydrogen-bond donors (Lipinski definition) is 0. The molecule has 0 heterocycles. The van der Waals surface area contributed by atoms with E-state index in [1.807, 2.05) is 0 Å². The van der Waals surface area contributed by atoms with Gasteiger partial charge >= 0.3 is 23.9 Å². The zero-order chi connectivity index (χ0) is 19.3. The molecule has 0 aliphatic carbocycles. The van der Waals surface area contributed by atoms with Crippen LogP contribution in [0.2, 0.25) is 0 Å². The highest BCUT2D eigenvalue weighted by Gasteiger charge is 2.37. The van der Waals surface area contributed by atoms with Gasteiger partial charge in [0.05, 0.1) is 6.61 Å². The van der Waals surface area contributed by atoms with E-state index in [1.54, 1.807) is 0 Å². The molecule has 0 aromatic carbocycles. The van der Waals surface area contributed by atoms with E-state index in [4.69, 9.17) is 18.9 Å². The molecule has 0 N–H and O–H groups in total. The van der Waals surface area contributed by atoms with Crippen molar-refractivity contribution in [3.8, 4) is 0 Å². The van der Waals surface area contributed by atoms with Gasteiger partial charge in [-0.3, -0.25) is 0 Å². The standard InChI is InChI=1S/C17H20O8/c1-5-13(18)22-10-9-17(25-16(21)8-4,11-23-14(19)6-2)12-24-15(20)7-3/h5-8H,1-4,9-12H2. The van der Waals surface area contributed by atoms with Crippen LogP contribution in [0.5, 0.6) is 0 Å². The van der Waals surface area contributed by atoms with Gasteiger partial charge in [0.1, 0.15) is 13.2 Å². The monoisotopic (exact) mass is 352 g/mol. The van der Waals surface area contributed by atoms with Gasteiger partial charge in [-0.05, 0) is 0 Å². The minimum atomic E-state index is -1.59. The fraction of sp³-hybridized carbons (Fsp3) is 0.294. The van der Waals surface area contributed by atoms with Gasteiger partial charge in [-0.25, -0.2) is 19.2 Å². The van der Waals surface area contributed by atoms with Crippen LogP contribution in [0.4, 0.5) is 0 Å². The quantitative estimate of drug-likeness (QED) is 0.291. The Hall–Kier alpha value is -3.16. The van der Waals surface area contributed by atoms with E-state index in [-0.39, 0.29) is 13.0 Å². The van der Waals surface area contributed by atoms with E-state index in [2.05, 4.69) is 26.3 Å². The van der Waals surface area contributed by atoms with Crippen molar-refractivity contribution in [1.82, 2.24) is 0 Å². The summed E-state index contributed by atoms with van der Waals surface area (Å²) in [7, 11) is 0. The van der Waals surface area contributed by atoms with Crippen LogP contribution in [0.15, 0.2) is 50.6 Å². The molecule has 0 spiro atoms. The summed E-state index contributed by atoms with van der Waals surface area (Å²) in [6.07, 6.45) is 3.53. The Balaban J connectivity index is 5.32. The molecular formula is C17H20O8. The molecule has 0 unspecified atom stereocenters. The van der Waals surface area contributed by atoms with Crippen LogP contribution in [0.25, 0.3) is 0 Å². The molecule has 0 atom stereocenters. The summed E-state index contributed by atoms with van der Waals surface area (Å²) in [4.78, 5) is 45.4. The maximum absolute atomic E-state index is 11.6. The average molecular weight is 352 g/mol. The molecular weight excluding hydrogens is 332 g/mol. The van der Waals surface area contributed by atoms with Crippen molar-refractivity contribution in [2.75, 3.05) is 19.8 Å². The van der Waals surface area contributed by atoms with Gasteiger partial charge in [0.25, 0.3) is 0 Å². The summed E-state index contributed by atoms with van der Waals surface area (Å²) in [5.41, 5.74) is -1.59. The maximum atomic E-state index is 11.6. The number of carbonyl (C=O) groups excluding carboxylic acids is 4. The number of hydrogen-bond acceptors (Lipinski definition) is 8. The zero-order valence-electron chi connectivity index (χ0n) is 13.7. The van der Waals surface area contributed by atoms with Gasteiger partial charge in [0, 0.05) is 30.7 Å². The van der Waals surface area contributed by atoms with Gasteiger partial charge in [0.2, 0.25) is 0 Å². The van der Waals surface area contributed by atoms with Crippen LogP contribution in [0, 0.1) is 0 Å². The summed E-state index contributed by atoms with van der Waals surface area (Å²) < 4.78 is 19.8. The van der Waals surface area contributed by atoms with E-state index in [0.29, 0.717) is 0 Å². The third kappa shape index (κ3) is 8.89. The lowest BCUT2D eigenvalue weighted by Crippen LogP contribution is -2.46. The SMILES string of the molecule is C=CC(=O)OCCC(COC(=O)C=C)(COC(=O)C=C)OC(=O)C=C. The van der Waals surface area contributed by atoms with E-state index >= 15 is 0 Å². The molecule has 8 heteroatoms. The van der Waals surface area contributed by atoms with Crippen LogP contribution >= 0.6 is 0 Å². The molecule has 0 rings (SSSR count). The molecule has 0 amide bonds. The topological polar surface area (TPSA) is 105 Å². The highest BCUT2D eigenvalue weighted by atomic mass is 16.6. The predicted octanol–water partition coefficient (Wildman–Crippen LogP) is 1.03.